The van der Waals surface area contributed by atoms with Gasteiger partial charge in [-0.25, -0.2) is 0 Å². The lowest BCUT2D eigenvalue weighted by Crippen LogP contribution is -2.55. The number of hydrogen-bond donors (Lipinski definition) is 2. The molecule has 1 fully saturated rings. The molecule has 1 saturated heterocycles. The summed E-state index contributed by atoms with van der Waals surface area (Å²) in [6, 6.07) is 0. The highest BCUT2D eigenvalue weighted by molar-refractivity contribution is 5.78. The predicted molar refractivity (Wildman–Crippen MR) is 69.1 cm³/mol. The molecule has 0 aliphatic carbocycles. The number of hydrogen-bond acceptors (Lipinski definition) is 3. The first-order chi connectivity index (χ1) is 7.69. The fraction of sp³-hybridized carbons (Fsp3) is 0.923. The topological polar surface area (TPSA) is 52.6 Å². The molecule has 1 heterocycles. The number of nitrogens with one attached hydrogen (secondary N) is 1. The van der Waals surface area contributed by atoms with Crippen molar-refractivity contribution in [2.75, 3.05) is 26.7 Å². The van der Waals surface area contributed by atoms with Crippen molar-refractivity contribution < 1.29 is 9.90 Å². The molecule has 0 bridgehead atoms. The largest absolute Gasteiger partial charge is 0.480 e. The summed E-state index contributed by atoms with van der Waals surface area (Å²) in [5.74, 6) is -0.114. The average Bonchev–Trinajstić information content (AvgIpc) is 2.65. The highest BCUT2D eigenvalue weighted by Gasteiger charge is 2.38. The first-order valence-corrected chi connectivity index (χ1v) is 6.34. The second-order valence-corrected chi connectivity index (χ2v) is 6.47. The van der Waals surface area contributed by atoms with E-state index in [0.29, 0.717) is 17.9 Å². The molecule has 0 spiro atoms. The van der Waals surface area contributed by atoms with E-state index in [4.69, 9.17) is 0 Å². The molecule has 0 aromatic rings. The van der Waals surface area contributed by atoms with E-state index in [1.54, 1.807) is 14.0 Å². The van der Waals surface area contributed by atoms with Crippen molar-refractivity contribution in [2.45, 2.75) is 39.7 Å². The van der Waals surface area contributed by atoms with E-state index >= 15 is 0 Å². The smallest absolute Gasteiger partial charge is 0.324 e. The summed E-state index contributed by atoms with van der Waals surface area (Å²) >= 11 is 0. The van der Waals surface area contributed by atoms with Crippen molar-refractivity contribution in [3.8, 4) is 0 Å². The molecule has 2 atom stereocenters. The predicted octanol–water partition coefficient (Wildman–Crippen LogP) is 1.42. The van der Waals surface area contributed by atoms with Crippen molar-refractivity contribution in [1.29, 1.82) is 0 Å². The zero-order chi connectivity index (χ0) is 13.3. The van der Waals surface area contributed by atoms with Crippen LogP contribution < -0.4 is 5.32 Å². The number of aliphatic carboxylic acids is 1. The fourth-order valence-corrected chi connectivity index (χ4v) is 2.38. The van der Waals surface area contributed by atoms with E-state index in [9.17, 15) is 9.90 Å². The molecule has 100 valence electrons. The minimum atomic E-state index is -0.841. The Labute approximate surface area is 104 Å². The molecule has 2 N–H and O–H groups in total. The van der Waals surface area contributed by atoms with Crippen LogP contribution in [0.4, 0.5) is 0 Å². The molecular weight excluding hydrogens is 216 g/mol. The number of likely N-dealkylation sites (tertiary alicyclic amines) is 1. The quantitative estimate of drug-likeness (QED) is 0.783. The Morgan fingerprint density at radius 1 is 1.41 bits per heavy atom. The molecule has 0 saturated carbocycles. The standard InChI is InChI=1S/C13H26N2O2/c1-12(2,3)10-6-7-15(8-10)9-13(4,14-5)11(16)17/h10,14H,6-9H2,1-5H3,(H,16,17). The number of nitrogens with zero attached hydrogens (tertiary/aromatic N) is 1. The number of carboxylic acid groups (broad SMARTS) is 1. The lowest BCUT2D eigenvalue weighted by atomic mass is 9.80. The summed E-state index contributed by atoms with van der Waals surface area (Å²) in [6.45, 7) is 11.1. The second kappa shape index (κ2) is 4.94. The van der Waals surface area contributed by atoms with Crippen LogP contribution >= 0.6 is 0 Å². The number of carboxylic acids is 1. The van der Waals surface area contributed by atoms with Crippen LogP contribution in [0.25, 0.3) is 0 Å². The highest BCUT2D eigenvalue weighted by atomic mass is 16.4. The van der Waals surface area contributed by atoms with E-state index in [2.05, 4.69) is 31.0 Å². The van der Waals surface area contributed by atoms with Gasteiger partial charge in [0, 0.05) is 13.1 Å². The second-order valence-electron chi connectivity index (χ2n) is 6.47. The Kier molecular flexibility index (Phi) is 4.20. The van der Waals surface area contributed by atoms with Crippen LogP contribution in [0.3, 0.4) is 0 Å². The van der Waals surface area contributed by atoms with Gasteiger partial charge in [-0.15, -0.1) is 0 Å². The maximum atomic E-state index is 11.2. The van der Waals surface area contributed by atoms with Gasteiger partial charge < -0.3 is 15.3 Å². The van der Waals surface area contributed by atoms with Gasteiger partial charge in [0.15, 0.2) is 0 Å². The monoisotopic (exact) mass is 242 g/mol. The van der Waals surface area contributed by atoms with Crippen molar-refractivity contribution in [1.82, 2.24) is 10.2 Å². The van der Waals surface area contributed by atoms with E-state index in [-0.39, 0.29) is 0 Å². The van der Waals surface area contributed by atoms with Crippen LogP contribution in [-0.2, 0) is 4.79 Å². The lowest BCUT2D eigenvalue weighted by Gasteiger charge is -2.31. The molecule has 4 heteroatoms. The Balaban J connectivity index is 2.58. The molecule has 1 aliphatic heterocycles. The number of carbonyl (C=O) groups is 1. The molecule has 0 radical (unpaired) electrons. The third-order valence-corrected chi connectivity index (χ3v) is 4.06. The van der Waals surface area contributed by atoms with Gasteiger partial charge in [0.25, 0.3) is 0 Å². The van der Waals surface area contributed by atoms with E-state index in [0.717, 1.165) is 13.1 Å². The Bertz CT molecular complexity index is 286. The van der Waals surface area contributed by atoms with E-state index < -0.39 is 11.5 Å². The Hall–Kier alpha value is -0.610. The minimum absolute atomic E-state index is 0.314. The first kappa shape index (κ1) is 14.5. The Morgan fingerprint density at radius 2 is 2.00 bits per heavy atom. The van der Waals surface area contributed by atoms with Crippen LogP contribution in [0.5, 0.6) is 0 Å². The van der Waals surface area contributed by atoms with E-state index in [1.165, 1.54) is 6.42 Å². The third-order valence-electron chi connectivity index (χ3n) is 4.06. The van der Waals surface area contributed by atoms with Gasteiger partial charge in [-0.1, -0.05) is 20.8 Å². The number of rotatable bonds is 4. The summed E-state index contributed by atoms with van der Waals surface area (Å²) in [6.07, 6.45) is 1.17. The zero-order valence-electron chi connectivity index (χ0n) is 11.7. The zero-order valence-corrected chi connectivity index (χ0v) is 11.7. The van der Waals surface area contributed by atoms with Gasteiger partial charge in [0.05, 0.1) is 0 Å². The molecule has 17 heavy (non-hydrogen) atoms. The normalized spacial score (nSPS) is 25.8. The van der Waals surface area contributed by atoms with Gasteiger partial charge in [0.2, 0.25) is 0 Å². The molecule has 2 unspecified atom stereocenters. The van der Waals surface area contributed by atoms with Gasteiger partial charge >= 0.3 is 5.97 Å². The van der Waals surface area contributed by atoms with Crippen LogP contribution in [-0.4, -0.2) is 48.2 Å². The van der Waals surface area contributed by atoms with Crippen LogP contribution in [0.15, 0.2) is 0 Å². The van der Waals surface area contributed by atoms with Crippen molar-refractivity contribution in [2.24, 2.45) is 11.3 Å². The third kappa shape index (κ3) is 3.42. The summed E-state index contributed by atoms with van der Waals surface area (Å²) in [7, 11) is 1.71. The molecule has 4 nitrogen and oxygen atoms in total. The molecule has 0 aromatic heterocycles. The van der Waals surface area contributed by atoms with Gasteiger partial charge in [-0.2, -0.15) is 0 Å². The molecule has 1 aliphatic rings. The van der Waals surface area contributed by atoms with Gasteiger partial charge in [-0.05, 0) is 38.3 Å². The van der Waals surface area contributed by atoms with Crippen molar-refractivity contribution in [3.05, 3.63) is 0 Å². The van der Waals surface area contributed by atoms with Crippen molar-refractivity contribution >= 4 is 5.97 Å². The SMILES string of the molecule is CNC(C)(CN1CCC(C(C)(C)C)C1)C(=O)O. The molecular formula is C13H26N2O2. The molecule has 0 aromatic carbocycles. The van der Waals surface area contributed by atoms with Crippen LogP contribution in [0.2, 0.25) is 0 Å². The summed E-state index contributed by atoms with van der Waals surface area (Å²) in [5, 5.41) is 12.1. The molecule has 0 amide bonds. The Morgan fingerprint density at radius 3 is 2.35 bits per heavy atom. The maximum absolute atomic E-state index is 11.2. The summed E-state index contributed by atoms with van der Waals surface area (Å²) in [4.78, 5) is 13.5. The van der Waals surface area contributed by atoms with Gasteiger partial charge in [0.1, 0.15) is 5.54 Å². The summed E-state index contributed by atoms with van der Waals surface area (Å²) in [5.41, 5.74) is -0.527. The van der Waals surface area contributed by atoms with Gasteiger partial charge in [-0.3, -0.25) is 4.79 Å². The van der Waals surface area contributed by atoms with Crippen LogP contribution in [0.1, 0.15) is 34.1 Å². The number of likely N-dealkylation sites (N-methyl/N-ethyl adjacent to an activating group) is 1. The lowest BCUT2D eigenvalue weighted by molar-refractivity contribution is -0.144. The van der Waals surface area contributed by atoms with Crippen molar-refractivity contribution in [3.63, 3.8) is 0 Å². The fourth-order valence-electron chi connectivity index (χ4n) is 2.38. The summed E-state index contributed by atoms with van der Waals surface area (Å²) < 4.78 is 0. The first-order valence-electron chi connectivity index (χ1n) is 6.34. The van der Waals surface area contributed by atoms with E-state index in [1.807, 2.05) is 0 Å². The minimum Gasteiger partial charge on any atom is -0.480 e. The average molecular weight is 242 g/mol. The van der Waals surface area contributed by atoms with Crippen LogP contribution in [0, 0.1) is 11.3 Å². The maximum Gasteiger partial charge on any atom is 0.324 e. The molecule has 1 rings (SSSR count). The highest BCUT2D eigenvalue weighted by Crippen LogP contribution is 2.33.